The molecule has 8 nitrogen and oxygen atoms in total. The fourth-order valence-corrected chi connectivity index (χ4v) is 6.33. The van der Waals surface area contributed by atoms with Crippen LogP contribution in [0.3, 0.4) is 0 Å². The molecule has 1 fully saturated rings. The molecular weight excluding hydrogens is 534 g/mol. The number of hydrogen-bond donors (Lipinski definition) is 3. The second-order valence-corrected chi connectivity index (χ2v) is 11.5. The fraction of sp³-hybridized carbons (Fsp3) is 0.406. The van der Waals surface area contributed by atoms with Gasteiger partial charge in [-0.3, -0.25) is 9.59 Å². The van der Waals surface area contributed by atoms with E-state index in [0.29, 0.717) is 36.4 Å². The van der Waals surface area contributed by atoms with Crippen molar-refractivity contribution >= 4 is 40.3 Å². The van der Waals surface area contributed by atoms with E-state index in [1.54, 1.807) is 6.07 Å². The quantitative estimate of drug-likeness (QED) is 0.244. The normalized spacial score (nSPS) is 17.5. The summed E-state index contributed by atoms with van der Waals surface area (Å²) in [5.74, 6) is 0.494. The van der Waals surface area contributed by atoms with Crippen LogP contribution in [0.2, 0.25) is 0 Å². The molecule has 1 saturated heterocycles. The molecule has 2 unspecified atom stereocenters. The molecule has 3 heterocycles. The van der Waals surface area contributed by atoms with Crippen molar-refractivity contribution in [2.45, 2.75) is 46.1 Å². The average Bonchev–Trinajstić information content (AvgIpc) is 2.92. The topological polar surface area (TPSA) is 87.6 Å². The lowest BCUT2D eigenvalue weighted by molar-refractivity contribution is 0.0944. The minimum absolute atomic E-state index is 0.0763. The van der Waals surface area contributed by atoms with Gasteiger partial charge in [-0.2, -0.15) is 0 Å². The molecule has 0 saturated carbocycles. The number of rotatable bonds is 9. The van der Waals surface area contributed by atoms with Crippen molar-refractivity contribution in [3.63, 3.8) is 0 Å². The highest BCUT2D eigenvalue weighted by atomic mass is 32.1. The maximum absolute atomic E-state index is 13.0. The molecule has 2 aromatic carbocycles. The molecule has 5 rings (SSSR count). The molecule has 1 aromatic heterocycles. The number of fused-ring (bicyclic) bond motifs is 4. The Labute approximate surface area is 247 Å². The van der Waals surface area contributed by atoms with Crippen LogP contribution in [0.25, 0.3) is 0 Å². The maximum atomic E-state index is 13.0. The first-order valence-electron chi connectivity index (χ1n) is 14.4. The molecular formula is C32H39N5O3S. The summed E-state index contributed by atoms with van der Waals surface area (Å²) in [4.78, 5) is 27.9. The molecule has 0 aliphatic carbocycles. The van der Waals surface area contributed by atoms with Gasteiger partial charge in [0.05, 0.1) is 11.4 Å². The monoisotopic (exact) mass is 573 g/mol. The van der Waals surface area contributed by atoms with E-state index in [4.69, 9.17) is 17.0 Å². The molecule has 2 atom stereocenters. The summed E-state index contributed by atoms with van der Waals surface area (Å²) < 4.78 is 7.32. The number of carbonyl (C=O) groups excluding carboxylic acids is 1. The van der Waals surface area contributed by atoms with Crippen molar-refractivity contribution in [2.24, 2.45) is 5.92 Å². The standard InChI is InChI=1S/C32H39N5O3S/c1-4-40-12-6-11-33-31(39)24-9-10-29(27(17-24)35-32(41)34-26-14-21(2)13-22(3)15-26)36-18-23-16-25(20-36)28-7-5-8-30(38)37(28)19-23/h5,7-10,13-15,17,23,25H,4,6,11-12,16,18-20H2,1-3H3,(H,33,39)(H2,34,35,41). The number of benzene rings is 2. The third kappa shape index (κ3) is 6.97. The second kappa shape index (κ2) is 12.9. The van der Waals surface area contributed by atoms with Gasteiger partial charge >= 0.3 is 0 Å². The van der Waals surface area contributed by atoms with Crippen LogP contribution < -0.4 is 26.4 Å². The first-order valence-corrected chi connectivity index (χ1v) is 14.8. The Bertz CT molecular complexity index is 1470. The second-order valence-electron chi connectivity index (χ2n) is 11.1. The Morgan fingerprint density at radius 1 is 1.02 bits per heavy atom. The van der Waals surface area contributed by atoms with Gasteiger partial charge in [-0.15, -0.1) is 0 Å². The molecule has 0 radical (unpaired) electrons. The number of aryl methyl sites for hydroxylation is 2. The number of nitrogens with one attached hydrogen (secondary N) is 3. The van der Waals surface area contributed by atoms with E-state index in [2.05, 4.69) is 59.0 Å². The fourth-order valence-electron chi connectivity index (χ4n) is 6.10. The van der Waals surface area contributed by atoms with E-state index < -0.39 is 0 Å². The summed E-state index contributed by atoms with van der Waals surface area (Å²) in [6, 6.07) is 17.6. The zero-order valence-corrected chi connectivity index (χ0v) is 24.9. The van der Waals surface area contributed by atoms with Crippen molar-refractivity contribution in [2.75, 3.05) is 48.4 Å². The number of ether oxygens (including phenoxy) is 1. The Morgan fingerprint density at radius 2 is 1.83 bits per heavy atom. The highest BCUT2D eigenvalue weighted by Crippen LogP contribution is 2.39. The van der Waals surface area contributed by atoms with Crippen LogP contribution in [0, 0.1) is 19.8 Å². The smallest absolute Gasteiger partial charge is 0.251 e. The summed E-state index contributed by atoms with van der Waals surface area (Å²) in [7, 11) is 0. The summed E-state index contributed by atoms with van der Waals surface area (Å²) in [5, 5.41) is 10.2. The molecule has 41 heavy (non-hydrogen) atoms. The lowest BCUT2D eigenvalue weighted by atomic mass is 9.83. The van der Waals surface area contributed by atoms with Crippen molar-refractivity contribution in [3.05, 3.63) is 87.3 Å². The van der Waals surface area contributed by atoms with Gasteiger partial charge in [0.2, 0.25) is 0 Å². The van der Waals surface area contributed by atoms with E-state index in [1.165, 1.54) is 0 Å². The molecule has 2 aliphatic heterocycles. The molecule has 0 spiro atoms. The molecule has 2 bridgehead atoms. The molecule has 9 heteroatoms. The number of piperidine rings is 1. The summed E-state index contributed by atoms with van der Waals surface area (Å²) in [6.45, 7) is 10.2. The molecule has 1 amide bonds. The van der Waals surface area contributed by atoms with E-state index in [0.717, 1.165) is 66.4 Å². The number of nitrogens with zero attached hydrogens (tertiary/aromatic N) is 2. The van der Waals surface area contributed by atoms with Gasteiger partial charge in [0.25, 0.3) is 11.5 Å². The molecule has 216 valence electrons. The molecule has 2 aliphatic rings. The number of pyridine rings is 1. The third-order valence-corrected chi connectivity index (χ3v) is 7.97. The van der Waals surface area contributed by atoms with Gasteiger partial charge in [-0.25, -0.2) is 0 Å². The number of thiocarbonyl (C=S) groups is 1. The first-order chi connectivity index (χ1) is 19.8. The zero-order chi connectivity index (χ0) is 28.9. The molecule has 3 N–H and O–H groups in total. The predicted molar refractivity (Wildman–Crippen MR) is 169 cm³/mol. The van der Waals surface area contributed by atoms with Crippen molar-refractivity contribution in [3.8, 4) is 0 Å². The van der Waals surface area contributed by atoms with Gasteiger partial charge in [-0.05, 0) is 99.3 Å². The van der Waals surface area contributed by atoms with Crippen LogP contribution in [0.4, 0.5) is 17.1 Å². The number of anilines is 3. The SMILES string of the molecule is CCOCCCNC(=O)c1ccc(N2CC3CC(C2)c2cccc(=O)n2C3)c(NC(=S)Nc2cc(C)cc(C)c2)c1. The number of hydrogen-bond acceptors (Lipinski definition) is 5. The first kappa shape index (κ1) is 28.8. The lowest BCUT2D eigenvalue weighted by Gasteiger charge is -2.44. The van der Waals surface area contributed by atoms with Crippen molar-refractivity contribution < 1.29 is 9.53 Å². The number of carbonyl (C=O) groups is 1. The van der Waals surface area contributed by atoms with Gasteiger partial charge in [0, 0.05) is 68.3 Å². The lowest BCUT2D eigenvalue weighted by Crippen LogP contribution is -2.47. The number of aromatic nitrogens is 1. The van der Waals surface area contributed by atoms with Gasteiger partial charge < -0.3 is 30.2 Å². The zero-order valence-electron chi connectivity index (χ0n) is 24.0. The van der Waals surface area contributed by atoms with Crippen LogP contribution in [-0.4, -0.2) is 48.4 Å². The Morgan fingerprint density at radius 3 is 2.61 bits per heavy atom. The highest BCUT2D eigenvalue weighted by molar-refractivity contribution is 7.80. The van der Waals surface area contributed by atoms with Crippen LogP contribution >= 0.6 is 12.2 Å². The summed E-state index contributed by atoms with van der Waals surface area (Å²) in [6.07, 6.45) is 1.82. The average molecular weight is 574 g/mol. The number of amides is 1. The summed E-state index contributed by atoms with van der Waals surface area (Å²) >= 11 is 5.74. The maximum Gasteiger partial charge on any atom is 0.251 e. The molecule has 3 aromatic rings. The van der Waals surface area contributed by atoms with E-state index in [9.17, 15) is 9.59 Å². The minimum Gasteiger partial charge on any atom is -0.382 e. The van der Waals surface area contributed by atoms with Crippen molar-refractivity contribution in [1.82, 2.24) is 9.88 Å². The Hall–Kier alpha value is -3.69. The highest BCUT2D eigenvalue weighted by Gasteiger charge is 2.35. The predicted octanol–water partition coefficient (Wildman–Crippen LogP) is 5.05. The van der Waals surface area contributed by atoms with E-state index in [-0.39, 0.29) is 17.4 Å². The van der Waals surface area contributed by atoms with Crippen LogP contribution in [0.15, 0.2) is 59.4 Å². The summed E-state index contributed by atoms with van der Waals surface area (Å²) in [5.41, 5.74) is 6.73. The van der Waals surface area contributed by atoms with Crippen LogP contribution in [0.1, 0.15) is 52.9 Å². The van der Waals surface area contributed by atoms with Crippen molar-refractivity contribution in [1.29, 1.82) is 0 Å². The van der Waals surface area contributed by atoms with Crippen LogP contribution in [-0.2, 0) is 11.3 Å². The largest absolute Gasteiger partial charge is 0.382 e. The van der Waals surface area contributed by atoms with Crippen LogP contribution in [0.5, 0.6) is 0 Å². The van der Waals surface area contributed by atoms with Gasteiger partial charge in [0.1, 0.15) is 0 Å². The van der Waals surface area contributed by atoms with E-state index >= 15 is 0 Å². The third-order valence-electron chi connectivity index (χ3n) is 7.76. The van der Waals surface area contributed by atoms with Gasteiger partial charge in [0.15, 0.2) is 5.11 Å². The van der Waals surface area contributed by atoms with E-state index in [1.807, 2.05) is 35.8 Å². The Kier molecular flexibility index (Phi) is 9.05. The Balaban J connectivity index is 1.39. The minimum atomic E-state index is -0.131. The van der Waals surface area contributed by atoms with Gasteiger partial charge in [-0.1, -0.05) is 12.1 Å².